The molecule has 0 saturated carbocycles. The molecule has 0 bridgehead atoms. The molecule has 5 nitrogen and oxygen atoms in total. The Morgan fingerprint density at radius 2 is 2.04 bits per heavy atom. The molecule has 2 rings (SSSR count). The molecule has 0 fully saturated rings. The molecule has 130 valence electrons. The van der Waals surface area contributed by atoms with Crippen molar-refractivity contribution in [3.63, 3.8) is 0 Å². The van der Waals surface area contributed by atoms with Crippen molar-refractivity contribution in [2.24, 2.45) is 0 Å². The van der Waals surface area contributed by atoms with Crippen LogP contribution in [-0.2, 0) is 11.3 Å². The quantitative estimate of drug-likeness (QED) is 0.706. The molecular weight excluding hydrogens is 331 g/mol. The second-order valence-electron chi connectivity index (χ2n) is 5.40. The van der Waals surface area contributed by atoms with E-state index >= 15 is 0 Å². The Morgan fingerprint density at radius 3 is 2.71 bits per heavy atom. The topological polar surface area (TPSA) is 60.3 Å². The van der Waals surface area contributed by atoms with E-state index in [1.54, 1.807) is 22.1 Å². The van der Waals surface area contributed by atoms with Gasteiger partial charge in [-0.05, 0) is 44.0 Å². The number of halogens is 1. The Kier molecular flexibility index (Phi) is 6.99. The van der Waals surface area contributed by atoms with Gasteiger partial charge in [0.15, 0.2) is 0 Å². The average Bonchev–Trinajstić information content (AvgIpc) is 2.89. The number of nitrogens with one attached hydrogen (secondary N) is 1. The van der Waals surface area contributed by atoms with Crippen LogP contribution in [0.1, 0.15) is 25.0 Å². The zero-order chi connectivity index (χ0) is 17.4. The highest BCUT2D eigenvalue weighted by Gasteiger charge is 2.06. The molecule has 1 amide bonds. The second kappa shape index (κ2) is 9.22. The lowest BCUT2D eigenvalue weighted by Crippen LogP contribution is -2.27. The van der Waals surface area contributed by atoms with Crippen LogP contribution in [0, 0.1) is 12.7 Å². The SMILES string of the molecule is Cc1csc(=O)n1CCC(=O)NCCCCOc1ccc(F)cc1. The minimum Gasteiger partial charge on any atom is -0.494 e. The van der Waals surface area contributed by atoms with Gasteiger partial charge in [0.1, 0.15) is 11.6 Å². The lowest BCUT2D eigenvalue weighted by atomic mass is 10.3. The molecule has 0 radical (unpaired) electrons. The summed E-state index contributed by atoms with van der Waals surface area (Å²) in [6.45, 7) is 3.36. The van der Waals surface area contributed by atoms with Gasteiger partial charge in [-0.2, -0.15) is 0 Å². The highest BCUT2D eigenvalue weighted by atomic mass is 32.1. The summed E-state index contributed by atoms with van der Waals surface area (Å²) in [6, 6.07) is 5.89. The van der Waals surface area contributed by atoms with Crippen LogP contribution in [0.4, 0.5) is 4.39 Å². The van der Waals surface area contributed by atoms with Crippen LogP contribution in [0.2, 0.25) is 0 Å². The number of benzene rings is 1. The van der Waals surface area contributed by atoms with Gasteiger partial charge in [0.05, 0.1) is 6.61 Å². The summed E-state index contributed by atoms with van der Waals surface area (Å²) in [6.07, 6.45) is 1.88. The highest BCUT2D eigenvalue weighted by Crippen LogP contribution is 2.11. The minimum absolute atomic E-state index is 0.0294. The van der Waals surface area contributed by atoms with Gasteiger partial charge in [0.25, 0.3) is 0 Å². The van der Waals surface area contributed by atoms with E-state index < -0.39 is 0 Å². The van der Waals surface area contributed by atoms with Crippen molar-refractivity contribution in [3.8, 4) is 5.75 Å². The average molecular weight is 352 g/mol. The molecule has 0 spiro atoms. The fourth-order valence-electron chi connectivity index (χ4n) is 2.15. The number of hydrogen-bond donors (Lipinski definition) is 1. The maximum absolute atomic E-state index is 12.7. The lowest BCUT2D eigenvalue weighted by molar-refractivity contribution is -0.121. The van der Waals surface area contributed by atoms with Crippen LogP contribution in [0.3, 0.4) is 0 Å². The Balaban J connectivity index is 1.55. The molecule has 0 saturated heterocycles. The van der Waals surface area contributed by atoms with Gasteiger partial charge in [-0.15, -0.1) is 0 Å². The fraction of sp³-hybridized carbons (Fsp3) is 0.412. The van der Waals surface area contributed by atoms with Crippen molar-refractivity contribution < 1.29 is 13.9 Å². The molecule has 0 aliphatic heterocycles. The largest absolute Gasteiger partial charge is 0.494 e. The van der Waals surface area contributed by atoms with E-state index in [0.717, 1.165) is 29.9 Å². The molecule has 0 aliphatic carbocycles. The first kappa shape index (κ1) is 18.2. The van der Waals surface area contributed by atoms with Gasteiger partial charge < -0.3 is 14.6 Å². The number of unbranched alkanes of at least 4 members (excludes halogenated alkanes) is 1. The standard InChI is InChI=1S/C17H21FN2O3S/c1-13-12-24-17(22)20(13)10-8-16(21)19-9-2-3-11-23-15-6-4-14(18)5-7-15/h4-7,12H,2-3,8-11H2,1H3,(H,19,21). The van der Waals surface area contributed by atoms with Crippen LogP contribution in [-0.4, -0.2) is 23.6 Å². The van der Waals surface area contributed by atoms with Crippen molar-refractivity contribution in [2.45, 2.75) is 32.7 Å². The van der Waals surface area contributed by atoms with Crippen molar-refractivity contribution >= 4 is 17.2 Å². The predicted octanol–water partition coefficient (Wildman–Crippen LogP) is 2.72. The van der Waals surface area contributed by atoms with Crippen LogP contribution in [0.5, 0.6) is 5.75 Å². The van der Waals surface area contributed by atoms with Crippen LogP contribution in [0.15, 0.2) is 34.4 Å². The number of hydrogen-bond acceptors (Lipinski definition) is 4. The second-order valence-corrected chi connectivity index (χ2v) is 6.22. The number of thiazole rings is 1. The van der Waals surface area contributed by atoms with E-state index in [0.29, 0.717) is 31.9 Å². The Morgan fingerprint density at radius 1 is 1.29 bits per heavy atom. The predicted molar refractivity (Wildman–Crippen MR) is 92.1 cm³/mol. The third-order valence-corrected chi connectivity index (χ3v) is 4.40. The molecule has 1 aromatic heterocycles. The molecule has 2 aromatic rings. The normalized spacial score (nSPS) is 10.6. The van der Waals surface area contributed by atoms with E-state index in [-0.39, 0.29) is 16.6 Å². The number of rotatable bonds is 9. The van der Waals surface area contributed by atoms with E-state index in [2.05, 4.69) is 5.32 Å². The van der Waals surface area contributed by atoms with Crippen molar-refractivity contribution in [1.82, 2.24) is 9.88 Å². The van der Waals surface area contributed by atoms with Gasteiger partial charge >= 0.3 is 4.87 Å². The van der Waals surface area contributed by atoms with Crippen molar-refractivity contribution in [2.75, 3.05) is 13.2 Å². The Hall–Kier alpha value is -2.15. The van der Waals surface area contributed by atoms with Gasteiger partial charge in [0, 0.05) is 30.6 Å². The Bertz CT molecular complexity index is 709. The molecule has 0 atom stereocenters. The summed E-state index contributed by atoms with van der Waals surface area (Å²) in [5.74, 6) is 0.286. The van der Waals surface area contributed by atoms with Gasteiger partial charge in [-0.3, -0.25) is 9.59 Å². The fourth-order valence-corrected chi connectivity index (χ4v) is 2.91. The maximum Gasteiger partial charge on any atom is 0.307 e. The van der Waals surface area contributed by atoms with E-state index in [1.165, 1.54) is 12.1 Å². The molecule has 24 heavy (non-hydrogen) atoms. The molecule has 0 unspecified atom stereocenters. The van der Waals surface area contributed by atoms with Crippen LogP contribution >= 0.6 is 11.3 Å². The smallest absolute Gasteiger partial charge is 0.307 e. The first-order chi connectivity index (χ1) is 11.6. The van der Waals surface area contributed by atoms with Crippen molar-refractivity contribution in [1.29, 1.82) is 0 Å². The number of aryl methyl sites for hydroxylation is 1. The van der Waals surface area contributed by atoms with E-state index in [4.69, 9.17) is 4.74 Å². The van der Waals surface area contributed by atoms with Crippen LogP contribution < -0.4 is 14.9 Å². The minimum atomic E-state index is -0.287. The summed E-state index contributed by atoms with van der Waals surface area (Å²) in [5.41, 5.74) is 0.885. The third-order valence-electron chi connectivity index (χ3n) is 3.51. The third kappa shape index (κ3) is 5.81. The summed E-state index contributed by atoms with van der Waals surface area (Å²) in [5, 5.41) is 4.63. The van der Waals surface area contributed by atoms with Gasteiger partial charge in [-0.1, -0.05) is 11.3 Å². The molecule has 7 heteroatoms. The lowest BCUT2D eigenvalue weighted by Gasteiger charge is -2.08. The molecule has 1 aromatic carbocycles. The monoisotopic (exact) mass is 352 g/mol. The van der Waals surface area contributed by atoms with Gasteiger partial charge in [0.2, 0.25) is 5.91 Å². The number of ether oxygens (including phenoxy) is 1. The Labute approximate surface area is 144 Å². The molecule has 1 heterocycles. The number of carbonyl (C=O) groups is 1. The van der Waals surface area contributed by atoms with Gasteiger partial charge in [-0.25, -0.2) is 4.39 Å². The van der Waals surface area contributed by atoms with Crippen molar-refractivity contribution in [3.05, 3.63) is 50.8 Å². The maximum atomic E-state index is 12.7. The summed E-state index contributed by atoms with van der Waals surface area (Å²) in [4.78, 5) is 23.3. The molecule has 1 N–H and O–H groups in total. The number of aromatic nitrogens is 1. The van der Waals surface area contributed by atoms with E-state index in [9.17, 15) is 14.0 Å². The summed E-state index contributed by atoms with van der Waals surface area (Å²) < 4.78 is 19.8. The first-order valence-corrected chi connectivity index (χ1v) is 8.74. The first-order valence-electron chi connectivity index (χ1n) is 7.86. The zero-order valence-corrected chi connectivity index (χ0v) is 14.4. The number of nitrogens with zero attached hydrogens (tertiary/aromatic N) is 1. The number of amides is 1. The zero-order valence-electron chi connectivity index (χ0n) is 13.6. The number of carbonyl (C=O) groups excluding carboxylic acids is 1. The molecular formula is C17H21FN2O3S. The molecule has 0 aliphatic rings. The van der Waals surface area contributed by atoms with Crippen LogP contribution in [0.25, 0.3) is 0 Å². The van der Waals surface area contributed by atoms with E-state index in [1.807, 2.05) is 6.92 Å². The highest BCUT2D eigenvalue weighted by molar-refractivity contribution is 7.07. The summed E-state index contributed by atoms with van der Waals surface area (Å²) in [7, 11) is 0. The summed E-state index contributed by atoms with van der Waals surface area (Å²) >= 11 is 1.15.